The van der Waals surface area contributed by atoms with Gasteiger partial charge in [-0.2, -0.15) is 0 Å². The first-order valence-electron chi connectivity index (χ1n) is 4.86. The van der Waals surface area contributed by atoms with E-state index in [2.05, 4.69) is 5.32 Å². The summed E-state index contributed by atoms with van der Waals surface area (Å²) in [5.74, 6) is 0.554. The van der Waals surface area contributed by atoms with Crippen LogP contribution in [0.1, 0.15) is 6.42 Å². The Hall–Kier alpha value is -1.62. The fourth-order valence-corrected chi connectivity index (χ4v) is 1.37. The molecule has 0 amide bonds. The lowest BCUT2D eigenvalue weighted by molar-refractivity contribution is -0.384. The predicted molar refractivity (Wildman–Crippen MR) is 55.0 cm³/mol. The average Bonchev–Trinajstić information content (AvgIpc) is 2.16. The van der Waals surface area contributed by atoms with E-state index in [1.807, 2.05) is 0 Å². The van der Waals surface area contributed by atoms with E-state index in [0.29, 0.717) is 18.4 Å². The monoisotopic (exact) mass is 208 g/mol. The molecule has 0 unspecified atom stereocenters. The minimum atomic E-state index is -0.422. The molecule has 1 heterocycles. The highest BCUT2D eigenvalue weighted by Crippen LogP contribution is 2.19. The zero-order chi connectivity index (χ0) is 10.7. The van der Waals surface area contributed by atoms with Crippen molar-refractivity contribution in [2.75, 3.05) is 13.2 Å². The van der Waals surface area contributed by atoms with E-state index in [1.165, 1.54) is 12.1 Å². The molecule has 80 valence electrons. The zero-order valence-corrected chi connectivity index (χ0v) is 8.18. The summed E-state index contributed by atoms with van der Waals surface area (Å²) in [5, 5.41) is 13.7. The number of nitrogens with zero attached hydrogens (tertiary/aromatic N) is 1. The van der Waals surface area contributed by atoms with Crippen LogP contribution in [0.5, 0.6) is 5.75 Å². The molecule has 1 aliphatic heterocycles. The first kappa shape index (κ1) is 9.92. The quantitative estimate of drug-likeness (QED) is 0.599. The highest BCUT2D eigenvalue weighted by Gasteiger charge is 2.17. The molecule has 0 aromatic heterocycles. The van der Waals surface area contributed by atoms with E-state index in [-0.39, 0.29) is 5.69 Å². The first-order chi connectivity index (χ1) is 7.25. The lowest BCUT2D eigenvalue weighted by Crippen LogP contribution is -2.46. The molecule has 1 atom stereocenters. The molecule has 0 spiro atoms. The molecule has 0 saturated carbocycles. The van der Waals surface area contributed by atoms with Crippen LogP contribution in [0.25, 0.3) is 0 Å². The molecule has 15 heavy (non-hydrogen) atoms. The number of hydrogen-bond donors (Lipinski definition) is 1. The van der Waals surface area contributed by atoms with Gasteiger partial charge in [-0.25, -0.2) is 0 Å². The molecular formula is C10H12N2O3. The summed E-state index contributed by atoms with van der Waals surface area (Å²) in [6.07, 6.45) is 1.11. The van der Waals surface area contributed by atoms with Gasteiger partial charge in [-0.1, -0.05) is 6.07 Å². The topological polar surface area (TPSA) is 64.4 Å². The molecule has 5 nitrogen and oxygen atoms in total. The van der Waals surface area contributed by atoms with Crippen LogP contribution in [-0.4, -0.2) is 24.1 Å². The molecule has 0 aliphatic carbocycles. The summed E-state index contributed by atoms with van der Waals surface area (Å²) in [4.78, 5) is 10.1. The van der Waals surface area contributed by atoms with Crippen molar-refractivity contribution in [1.29, 1.82) is 0 Å². The number of hydrogen-bond acceptors (Lipinski definition) is 4. The van der Waals surface area contributed by atoms with Gasteiger partial charge in [0.25, 0.3) is 5.69 Å². The summed E-state index contributed by atoms with van der Waals surface area (Å²) in [7, 11) is 0. The maximum atomic E-state index is 10.5. The van der Waals surface area contributed by atoms with Crippen molar-refractivity contribution in [3.8, 4) is 5.75 Å². The highest BCUT2D eigenvalue weighted by atomic mass is 16.6. The van der Waals surface area contributed by atoms with E-state index in [9.17, 15) is 10.1 Å². The standard InChI is InChI=1S/C10H12N2O3/c13-12(14)9-2-1-3-10(6-9)15-7-8-4-5-11-8/h1-3,6,8,11H,4-5,7H2/t8-/m0/s1. The van der Waals surface area contributed by atoms with Crippen molar-refractivity contribution < 1.29 is 9.66 Å². The maximum Gasteiger partial charge on any atom is 0.273 e. The Bertz CT molecular complexity index is 363. The average molecular weight is 208 g/mol. The van der Waals surface area contributed by atoms with Gasteiger partial charge in [-0.3, -0.25) is 10.1 Å². The van der Waals surface area contributed by atoms with Gasteiger partial charge in [-0.15, -0.1) is 0 Å². The third-order valence-corrected chi connectivity index (χ3v) is 2.41. The maximum absolute atomic E-state index is 10.5. The van der Waals surface area contributed by atoms with Crippen LogP contribution in [-0.2, 0) is 0 Å². The van der Waals surface area contributed by atoms with Gasteiger partial charge in [0, 0.05) is 12.1 Å². The Morgan fingerprint density at radius 3 is 3.00 bits per heavy atom. The predicted octanol–water partition coefficient (Wildman–Crippen LogP) is 1.34. The van der Waals surface area contributed by atoms with Crippen LogP contribution in [0.3, 0.4) is 0 Å². The number of nitro benzene ring substituents is 1. The minimum Gasteiger partial charge on any atom is -0.492 e. The zero-order valence-electron chi connectivity index (χ0n) is 8.18. The number of non-ortho nitro benzene ring substituents is 1. The van der Waals surface area contributed by atoms with E-state index in [4.69, 9.17) is 4.74 Å². The summed E-state index contributed by atoms with van der Waals surface area (Å²) >= 11 is 0. The lowest BCUT2D eigenvalue weighted by Gasteiger charge is -2.27. The fraction of sp³-hybridized carbons (Fsp3) is 0.400. The second-order valence-electron chi connectivity index (χ2n) is 3.51. The van der Waals surface area contributed by atoms with Crippen molar-refractivity contribution in [2.45, 2.75) is 12.5 Å². The molecule has 1 fully saturated rings. The van der Waals surface area contributed by atoms with Crippen LogP contribution >= 0.6 is 0 Å². The van der Waals surface area contributed by atoms with Crippen LogP contribution in [0.15, 0.2) is 24.3 Å². The van der Waals surface area contributed by atoms with Crippen molar-refractivity contribution in [3.05, 3.63) is 34.4 Å². The second-order valence-corrected chi connectivity index (χ2v) is 3.51. The summed E-state index contributed by atoms with van der Waals surface area (Å²) < 4.78 is 5.43. The van der Waals surface area contributed by atoms with E-state index in [0.717, 1.165) is 13.0 Å². The number of rotatable bonds is 4. The third-order valence-electron chi connectivity index (χ3n) is 2.41. The minimum absolute atomic E-state index is 0.0640. The SMILES string of the molecule is O=[N+]([O-])c1cccc(OC[C@@H]2CCN2)c1. The smallest absolute Gasteiger partial charge is 0.273 e. The molecule has 1 N–H and O–H groups in total. The molecule has 0 bridgehead atoms. The van der Waals surface area contributed by atoms with Gasteiger partial charge in [0.05, 0.1) is 11.0 Å². The van der Waals surface area contributed by atoms with Gasteiger partial charge >= 0.3 is 0 Å². The Balaban J connectivity index is 1.94. The Kier molecular flexibility index (Phi) is 2.82. The van der Waals surface area contributed by atoms with Crippen molar-refractivity contribution >= 4 is 5.69 Å². The molecular weight excluding hydrogens is 196 g/mol. The van der Waals surface area contributed by atoms with Gasteiger partial charge in [0.1, 0.15) is 12.4 Å². The first-order valence-corrected chi connectivity index (χ1v) is 4.86. The molecule has 1 saturated heterocycles. The fourth-order valence-electron chi connectivity index (χ4n) is 1.37. The largest absolute Gasteiger partial charge is 0.492 e. The van der Waals surface area contributed by atoms with Crippen molar-refractivity contribution in [2.24, 2.45) is 0 Å². The molecule has 5 heteroatoms. The molecule has 2 rings (SSSR count). The summed E-state index contributed by atoms with van der Waals surface area (Å²) in [6.45, 7) is 1.60. The van der Waals surface area contributed by atoms with E-state index >= 15 is 0 Å². The van der Waals surface area contributed by atoms with Gasteiger partial charge in [0.2, 0.25) is 0 Å². The second kappa shape index (κ2) is 4.27. The highest BCUT2D eigenvalue weighted by molar-refractivity contribution is 5.37. The van der Waals surface area contributed by atoms with Crippen molar-refractivity contribution in [1.82, 2.24) is 5.32 Å². The molecule has 1 aromatic carbocycles. The summed E-state index contributed by atoms with van der Waals surface area (Å²) in [5.41, 5.74) is 0.0640. The van der Waals surface area contributed by atoms with Crippen LogP contribution in [0.2, 0.25) is 0 Å². The third kappa shape index (κ3) is 2.44. The van der Waals surface area contributed by atoms with Crippen molar-refractivity contribution in [3.63, 3.8) is 0 Å². The normalized spacial score (nSPS) is 19.3. The van der Waals surface area contributed by atoms with Crippen LogP contribution < -0.4 is 10.1 Å². The molecule has 1 aromatic rings. The Labute approximate surface area is 87.2 Å². The lowest BCUT2D eigenvalue weighted by atomic mass is 10.1. The number of benzene rings is 1. The number of nitrogens with one attached hydrogen (secondary N) is 1. The number of nitro groups is 1. The van der Waals surface area contributed by atoms with Crippen LogP contribution in [0, 0.1) is 10.1 Å². The Morgan fingerprint density at radius 2 is 2.40 bits per heavy atom. The Morgan fingerprint density at radius 1 is 1.60 bits per heavy atom. The molecule has 0 radical (unpaired) electrons. The van der Waals surface area contributed by atoms with Gasteiger partial charge < -0.3 is 10.1 Å². The summed E-state index contributed by atoms with van der Waals surface area (Å²) in [6, 6.07) is 6.64. The van der Waals surface area contributed by atoms with Gasteiger partial charge in [0.15, 0.2) is 0 Å². The molecule has 1 aliphatic rings. The van der Waals surface area contributed by atoms with E-state index in [1.54, 1.807) is 12.1 Å². The number of ether oxygens (including phenoxy) is 1. The van der Waals surface area contributed by atoms with Gasteiger partial charge in [-0.05, 0) is 19.0 Å². The van der Waals surface area contributed by atoms with Crippen LogP contribution in [0.4, 0.5) is 5.69 Å². The van der Waals surface area contributed by atoms with E-state index < -0.39 is 4.92 Å².